The molecule has 0 fully saturated rings. The van der Waals surface area contributed by atoms with Crippen LogP contribution in [-0.2, 0) is 20.7 Å². The van der Waals surface area contributed by atoms with E-state index in [-0.39, 0.29) is 19.6 Å². The highest BCUT2D eigenvalue weighted by molar-refractivity contribution is 6.09. The lowest BCUT2D eigenvalue weighted by Gasteiger charge is -2.21. The molecule has 244 valence electrons. The first-order valence-electron chi connectivity index (χ1n) is 15.8. The fraction of sp³-hybridized carbons (Fsp3) is 0.289. The summed E-state index contributed by atoms with van der Waals surface area (Å²) in [5, 5.41) is 13.8. The molecule has 0 spiro atoms. The second-order valence-electron chi connectivity index (χ2n) is 11.6. The maximum atomic E-state index is 11.6. The third kappa shape index (κ3) is 7.60. The van der Waals surface area contributed by atoms with Gasteiger partial charge in [0.25, 0.3) is 0 Å². The normalized spacial score (nSPS) is 16.1. The van der Waals surface area contributed by atoms with Crippen molar-refractivity contribution in [2.24, 2.45) is 5.73 Å². The number of carboxylic acids is 1. The van der Waals surface area contributed by atoms with E-state index in [4.69, 9.17) is 34.2 Å². The highest BCUT2D eigenvalue weighted by Gasteiger charge is 2.28. The Labute approximate surface area is 273 Å². The van der Waals surface area contributed by atoms with Crippen LogP contribution in [0.15, 0.2) is 91.0 Å². The van der Waals surface area contributed by atoms with Crippen molar-refractivity contribution in [2.45, 2.75) is 18.9 Å². The quantitative estimate of drug-likeness (QED) is 0.236. The predicted molar refractivity (Wildman–Crippen MR) is 181 cm³/mol. The highest BCUT2D eigenvalue weighted by atomic mass is 16.6. The predicted octanol–water partition coefficient (Wildman–Crippen LogP) is 6.27. The number of rotatable bonds is 3. The van der Waals surface area contributed by atoms with Crippen LogP contribution in [0.4, 0.5) is 0 Å². The monoisotopic (exact) mass is 637 g/mol. The molecule has 0 amide bonds. The molecule has 0 saturated carbocycles. The summed E-state index contributed by atoms with van der Waals surface area (Å²) in [6, 6.07) is 30.0. The van der Waals surface area contributed by atoms with E-state index >= 15 is 0 Å². The minimum absolute atomic E-state index is 0.131. The Morgan fingerprint density at radius 1 is 0.617 bits per heavy atom. The van der Waals surface area contributed by atoms with Gasteiger partial charge in [-0.05, 0) is 58.3 Å². The van der Waals surface area contributed by atoms with Gasteiger partial charge in [-0.25, -0.2) is 0 Å². The summed E-state index contributed by atoms with van der Waals surface area (Å²) < 4.78 is 36.6. The summed E-state index contributed by atoms with van der Waals surface area (Å²) >= 11 is 0. The number of hydrogen-bond acceptors (Lipinski definition) is 8. The van der Waals surface area contributed by atoms with Crippen molar-refractivity contribution in [1.29, 1.82) is 0 Å². The Balaban J connectivity index is 1.26. The van der Waals surface area contributed by atoms with Crippen molar-refractivity contribution in [1.82, 2.24) is 0 Å². The second-order valence-corrected chi connectivity index (χ2v) is 11.6. The van der Waals surface area contributed by atoms with Gasteiger partial charge in [-0.15, -0.1) is 0 Å². The van der Waals surface area contributed by atoms with Crippen molar-refractivity contribution in [3.63, 3.8) is 0 Å². The molecule has 9 nitrogen and oxygen atoms in total. The topological polar surface area (TPSA) is 119 Å². The van der Waals surface area contributed by atoms with E-state index in [1.165, 1.54) is 6.92 Å². The molecule has 47 heavy (non-hydrogen) atoms. The summed E-state index contributed by atoms with van der Waals surface area (Å²) in [6.45, 7) is 4.04. The summed E-state index contributed by atoms with van der Waals surface area (Å²) in [6.07, 6.45) is 0.131. The Bertz CT molecular complexity index is 1850. The number of fused-ring (bicyclic) bond motifs is 8. The van der Waals surface area contributed by atoms with Gasteiger partial charge >= 0.3 is 5.97 Å². The average Bonchev–Trinajstić information content (AvgIpc) is 3.07. The summed E-state index contributed by atoms with van der Waals surface area (Å²) in [5.74, 6) is 1.40. The smallest absolute Gasteiger partial charge is 0.323 e. The Morgan fingerprint density at radius 2 is 1.06 bits per heavy atom. The van der Waals surface area contributed by atoms with Gasteiger partial charge in [0.15, 0.2) is 11.5 Å². The van der Waals surface area contributed by atoms with E-state index in [1.54, 1.807) is 18.2 Å². The van der Waals surface area contributed by atoms with Gasteiger partial charge in [-0.2, -0.15) is 0 Å². The summed E-state index contributed by atoms with van der Waals surface area (Å²) in [5.41, 5.74) is 7.22. The van der Waals surface area contributed by atoms with Crippen LogP contribution in [0.1, 0.15) is 12.5 Å². The third-order valence-electron chi connectivity index (χ3n) is 8.04. The number of benzene rings is 5. The van der Waals surface area contributed by atoms with Gasteiger partial charge in [-0.3, -0.25) is 4.79 Å². The van der Waals surface area contributed by atoms with Gasteiger partial charge in [0, 0.05) is 17.5 Å². The largest absolute Gasteiger partial charge is 0.491 e. The van der Waals surface area contributed by atoms with Crippen molar-refractivity contribution < 1.29 is 38.3 Å². The van der Waals surface area contributed by atoms with Crippen LogP contribution >= 0.6 is 0 Å². The van der Waals surface area contributed by atoms with Crippen molar-refractivity contribution in [3.8, 4) is 34.1 Å². The zero-order valence-electron chi connectivity index (χ0n) is 26.4. The van der Waals surface area contributed by atoms with Gasteiger partial charge in [0.05, 0.1) is 26.4 Å². The number of aliphatic carboxylic acids is 1. The molecule has 1 aliphatic heterocycles. The summed E-state index contributed by atoms with van der Waals surface area (Å²) in [7, 11) is 0. The molecule has 0 aromatic heterocycles. The van der Waals surface area contributed by atoms with Crippen LogP contribution in [-0.4, -0.2) is 69.5 Å². The molecule has 6 rings (SSSR count). The first kappa shape index (κ1) is 32.1. The van der Waals surface area contributed by atoms with E-state index in [2.05, 4.69) is 36.4 Å². The highest BCUT2D eigenvalue weighted by Crippen LogP contribution is 2.45. The minimum Gasteiger partial charge on any atom is -0.491 e. The van der Waals surface area contributed by atoms with Crippen LogP contribution in [0, 0.1) is 0 Å². The molecule has 1 aliphatic rings. The van der Waals surface area contributed by atoms with Crippen LogP contribution < -0.4 is 24.7 Å². The molecule has 0 unspecified atom stereocenters. The molecule has 5 aromatic carbocycles. The molecule has 0 aliphatic carbocycles. The maximum Gasteiger partial charge on any atom is 0.323 e. The van der Waals surface area contributed by atoms with Crippen molar-refractivity contribution in [2.75, 3.05) is 52.9 Å². The third-order valence-corrected chi connectivity index (χ3v) is 8.04. The lowest BCUT2D eigenvalue weighted by Crippen LogP contribution is -2.46. The zero-order chi connectivity index (χ0) is 32.6. The zero-order valence-corrected chi connectivity index (χ0v) is 26.4. The van der Waals surface area contributed by atoms with E-state index in [1.807, 2.05) is 36.4 Å². The van der Waals surface area contributed by atoms with Crippen LogP contribution in [0.3, 0.4) is 0 Å². The van der Waals surface area contributed by atoms with Gasteiger partial charge < -0.3 is 39.3 Å². The maximum absolute atomic E-state index is 11.6. The lowest BCUT2D eigenvalue weighted by atomic mass is 9.92. The molecular weight excluding hydrogens is 598 g/mol. The first-order chi connectivity index (χ1) is 22.9. The molecule has 0 saturated heterocycles. The molecule has 1 atom stereocenters. The molecule has 1 heterocycles. The number of hydrogen-bond donors (Lipinski definition) is 2. The average molecular weight is 638 g/mol. The molecule has 0 bridgehead atoms. The van der Waals surface area contributed by atoms with E-state index in [0.717, 1.165) is 49.7 Å². The number of ether oxygens (including phenoxy) is 6. The number of carbonyl (C=O) groups is 1. The number of nitrogens with two attached hydrogens (primary N) is 1. The molecule has 5 aromatic rings. The fourth-order valence-corrected chi connectivity index (χ4v) is 5.70. The first-order valence-corrected chi connectivity index (χ1v) is 15.8. The molecule has 0 radical (unpaired) electrons. The van der Waals surface area contributed by atoms with Crippen LogP contribution in [0.5, 0.6) is 23.0 Å². The molecular formula is C38H39NO8. The van der Waals surface area contributed by atoms with Gasteiger partial charge in [0.2, 0.25) is 0 Å². The van der Waals surface area contributed by atoms with Crippen molar-refractivity contribution in [3.05, 3.63) is 96.6 Å². The molecule has 3 N–H and O–H groups in total. The SMILES string of the molecule is C[C@](N)(Cc1ccc2c(c1)OCCOCCOc1ccc3ccccc3c1-c1c(ccc3ccccc13)OCCOCCO2)C(=O)O. The summed E-state index contributed by atoms with van der Waals surface area (Å²) in [4.78, 5) is 11.6. The minimum atomic E-state index is -1.42. The Hall–Kier alpha value is -4.83. The number of carboxylic acid groups (broad SMARTS) is 1. The Morgan fingerprint density at radius 3 is 1.57 bits per heavy atom. The van der Waals surface area contributed by atoms with Crippen LogP contribution in [0.2, 0.25) is 0 Å². The molecule has 9 heteroatoms. The second kappa shape index (κ2) is 14.7. The Kier molecular flexibility index (Phi) is 10.1. The van der Waals surface area contributed by atoms with E-state index in [0.29, 0.717) is 51.1 Å². The standard InChI is InChI=1S/C38H39NO8/c1-38(39,37(40)41)25-26-10-13-31-34(24-26)47-23-19-43-18-22-46-33-15-12-28-7-3-5-9-30(28)36(33)35-29-8-4-2-6-27(29)11-14-32(35)45-21-17-42-16-20-44-31/h2-15,24H,16-23,25,39H2,1H3,(H,40,41)/t38-/m0/s1. The lowest BCUT2D eigenvalue weighted by molar-refractivity contribution is -0.142. The van der Waals surface area contributed by atoms with E-state index < -0.39 is 11.5 Å². The fourth-order valence-electron chi connectivity index (χ4n) is 5.70. The van der Waals surface area contributed by atoms with Gasteiger partial charge in [0.1, 0.15) is 43.5 Å². The van der Waals surface area contributed by atoms with Gasteiger partial charge in [-0.1, -0.05) is 66.7 Å². The van der Waals surface area contributed by atoms with Crippen molar-refractivity contribution >= 4 is 27.5 Å². The van der Waals surface area contributed by atoms with E-state index in [9.17, 15) is 9.90 Å². The van der Waals surface area contributed by atoms with Crippen LogP contribution in [0.25, 0.3) is 32.7 Å².